The van der Waals surface area contributed by atoms with Crippen molar-refractivity contribution >= 4 is 17.7 Å². The van der Waals surface area contributed by atoms with Crippen LogP contribution in [-0.2, 0) is 4.74 Å². The van der Waals surface area contributed by atoms with Gasteiger partial charge in [-0.05, 0) is 12.8 Å². The molecule has 1 saturated heterocycles. The lowest BCUT2D eigenvalue weighted by atomic mass is 10.1. The van der Waals surface area contributed by atoms with Crippen molar-refractivity contribution in [2.24, 2.45) is 0 Å². The normalized spacial score (nSPS) is 16.4. The molecule has 104 valence electrons. The number of piperidine rings is 1. The van der Waals surface area contributed by atoms with E-state index in [2.05, 4.69) is 9.72 Å². The number of H-pyrrole nitrogens is 1. The summed E-state index contributed by atoms with van der Waals surface area (Å²) in [5.74, 6) is 0. The smallest absolute Gasteiger partial charge is 0.409 e. The van der Waals surface area contributed by atoms with Crippen LogP contribution in [0, 0.1) is 0 Å². The Morgan fingerprint density at radius 2 is 2.05 bits per heavy atom. The monoisotopic (exact) mass is 287 g/mol. The summed E-state index contributed by atoms with van der Waals surface area (Å²) < 4.78 is 5.78. The van der Waals surface area contributed by atoms with Crippen molar-refractivity contribution in [2.45, 2.75) is 18.9 Å². The van der Waals surface area contributed by atoms with Gasteiger partial charge in [0.25, 0.3) is 5.56 Å². The molecule has 0 unspecified atom stereocenters. The molecule has 0 aromatic carbocycles. The molecule has 1 amide bonds. The number of nitrogens with one attached hydrogen (secondary N) is 1. The third-order valence-corrected chi connectivity index (χ3v) is 3.40. The molecule has 0 radical (unpaired) electrons. The number of nitrogens with zero attached hydrogens (tertiary/aromatic N) is 2. The zero-order valence-electron chi connectivity index (χ0n) is 10.4. The number of aromatic nitrogens is 2. The molecule has 1 fully saturated rings. The topological polar surface area (TPSA) is 84.4 Å². The largest absolute Gasteiger partial charge is 0.453 e. The molecule has 0 aliphatic carbocycles. The second-order valence-corrected chi connectivity index (χ2v) is 4.73. The molecule has 1 N–H and O–H groups in total. The lowest BCUT2D eigenvalue weighted by Gasteiger charge is -2.31. The summed E-state index contributed by atoms with van der Waals surface area (Å²) in [5.41, 5.74) is -0.945. The first kappa shape index (κ1) is 13.7. The van der Waals surface area contributed by atoms with Crippen molar-refractivity contribution in [3.8, 4) is 0 Å². The zero-order valence-corrected chi connectivity index (χ0v) is 11.1. The van der Waals surface area contributed by atoms with Crippen LogP contribution in [-0.4, -0.2) is 40.7 Å². The van der Waals surface area contributed by atoms with Crippen LogP contribution in [0.15, 0.2) is 15.7 Å². The highest BCUT2D eigenvalue weighted by Crippen LogP contribution is 2.20. The van der Waals surface area contributed by atoms with E-state index >= 15 is 0 Å². The molecule has 1 aromatic rings. The SMILES string of the molecule is COC(=O)N1CCC(n2c(=O)cc(Cl)[nH]c2=O)CC1. The Balaban J connectivity index is 2.17. The Labute approximate surface area is 113 Å². The zero-order chi connectivity index (χ0) is 14.0. The van der Waals surface area contributed by atoms with E-state index in [0.29, 0.717) is 25.9 Å². The summed E-state index contributed by atoms with van der Waals surface area (Å²) >= 11 is 5.61. The van der Waals surface area contributed by atoms with Gasteiger partial charge in [-0.2, -0.15) is 0 Å². The summed E-state index contributed by atoms with van der Waals surface area (Å²) in [6.45, 7) is 0.900. The number of carbonyl (C=O) groups excluding carboxylic acids is 1. The molecule has 7 nitrogen and oxygen atoms in total. The van der Waals surface area contributed by atoms with E-state index in [0.717, 1.165) is 4.57 Å². The molecule has 1 aromatic heterocycles. The van der Waals surface area contributed by atoms with Crippen LogP contribution in [0.4, 0.5) is 4.79 Å². The number of likely N-dealkylation sites (tertiary alicyclic amines) is 1. The number of hydrogen-bond donors (Lipinski definition) is 1. The predicted octanol–water partition coefficient (Wildman–Crippen LogP) is 0.593. The van der Waals surface area contributed by atoms with E-state index in [9.17, 15) is 14.4 Å². The van der Waals surface area contributed by atoms with Gasteiger partial charge in [-0.3, -0.25) is 14.3 Å². The molecule has 0 saturated carbocycles. The summed E-state index contributed by atoms with van der Waals surface area (Å²) in [6.07, 6.45) is 0.662. The van der Waals surface area contributed by atoms with Crippen LogP contribution in [0.1, 0.15) is 18.9 Å². The molecule has 19 heavy (non-hydrogen) atoms. The van der Waals surface area contributed by atoms with Gasteiger partial charge in [-0.15, -0.1) is 0 Å². The quantitative estimate of drug-likeness (QED) is 0.766. The van der Waals surface area contributed by atoms with Crippen molar-refractivity contribution in [3.63, 3.8) is 0 Å². The fourth-order valence-electron chi connectivity index (χ4n) is 2.26. The van der Waals surface area contributed by atoms with Crippen molar-refractivity contribution in [1.82, 2.24) is 14.5 Å². The minimum Gasteiger partial charge on any atom is -0.453 e. The lowest BCUT2D eigenvalue weighted by molar-refractivity contribution is 0.106. The average molecular weight is 288 g/mol. The van der Waals surface area contributed by atoms with E-state index in [4.69, 9.17) is 11.6 Å². The van der Waals surface area contributed by atoms with Crippen LogP contribution in [0.25, 0.3) is 0 Å². The Morgan fingerprint density at radius 3 is 2.58 bits per heavy atom. The number of halogens is 1. The number of methoxy groups -OCH3 is 1. The highest BCUT2D eigenvalue weighted by molar-refractivity contribution is 6.29. The average Bonchev–Trinajstić information content (AvgIpc) is 2.37. The van der Waals surface area contributed by atoms with E-state index in [1.807, 2.05) is 0 Å². The summed E-state index contributed by atoms with van der Waals surface area (Å²) in [5, 5.41) is 0.0262. The van der Waals surface area contributed by atoms with Crippen molar-refractivity contribution in [2.75, 3.05) is 20.2 Å². The highest BCUT2D eigenvalue weighted by atomic mass is 35.5. The molecule has 1 aliphatic rings. The molecular weight excluding hydrogens is 274 g/mol. The number of hydrogen-bond acceptors (Lipinski definition) is 4. The number of ether oxygens (including phenoxy) is 1. The van der Waals surface area contributed by atoms with Gasteiger partial charge < -0.3 is 9.64 Å². The number of amides is 1. The van der Waals surface area contributed by atoms with Crippen molar-refractivity contribution < 1.29 is 9.53 Å². The molecule has 0 spiro atoms. The van der Waals surface area contributed by atoms with Crippen LogP contribution >= 0.6 is 11.6 Å². The number of carbonyl (C=O) groups is 1. The van der Waals surface area contributed by atoms with Gasteiger partial charge in [0.15, 0.2) is 0 Å². The minimum atomic E-state index is -0.519. The maximum absolute atomic E-state index is 11.8. The van der Waals surface area contributed by atoms with Crippen molar-refractivity contribution in [3.05, 3.63) is 32.1 Å². The first-order valence-electron chi connectivity index (χ1n) is 5.87. The predicted molar refractivity (Wildman–Crippen MR) is 68.6 cm³/mol. The maximum atomic E-state index is 11.8. The third kappa shape index (κ3) is 2.81. The molecule has 1 aliphatic heterocycles. The molecular formula is C11H14ClN3O4. The number of aromatic amines is 1. The third-order valence-electron chi connectivity index (χ3n) is 3.20. The van der Waals surface area contributed by atoms with Gasteiger partial charge in [-0.1, -0.05) is 11.6 Å². The molecule has 8 heteroatoms. The summed E-state index contributed by atoms with van der Waals surface area (Å²) in [4.78, 5) is 38.8. The van der Waals surface area contributed by atoms with Gasteiger partial charge in [0, 0.05) is 25.2 Å². The number of rotatable bonds is 1. The van der Waals surface area contributed by atoms with Gasteiger partial charge >= 0.3 is 11.8 Å². The maximum Gasteiger partial charge on any atom is 0.409 e. The first-order chi connectivity index (χ1) is 9.02. The van der Waals surface area contributed by atoms with Gasteiger partial charge in [0.1, 0.15) is 5.15 Å². The lowest BCUT2D eigenvalue weighted by Crippen LogP contribution is -2.44. The van der Waals surface area contributed by atoms with Crippen LogP contribution in [0.3, 0.4) is 0 Å². The standard InChI is InChI=1S/C11H14ClN3O4/c1-19-11(18)14-4-2-7(3-5-14)15-9(16)6-8(12)13-10(15)17/h6-7H,2-5H2,1H3,(H,13,17). The Kier molecular flexibility index (Phi) is 3.94. The van der Waals surface area contributed by atoms with E-state index in [1.54, 1.807) is 4.90 Å². The Morgan fingerprint density at radius 1 is 1.42 bits per heavy atom. The van der Waals surface area contributed by atoms with Crippen LogP contribution in [0.2, 0.25) is 5.15 Å². The van der Waals surface area contributed by atoms with Gasteiger partial charge in [0.05, 0.1) is 7.11 Å². The minimum absolute atomic E-state index is 0.0262. The van der Waals surface area contributed by atoms with E-state index in [1.165, 1.54) is 13.2 Å². The fraction of sp³-hybridized carbons (Fsp3) is 0.545. The molecule has 0 bridgehead atoms. The Bertz CT molecular complexity index is 555. The van der Waals surface area contributed by atoms with Crippen LogP contribution < -0.4 is 11.2 Å². The van der Waals surface area contributed by atoms with Gasteiger partial charge in [0.2, 0.25) is 0 Å². The molecule has 2 heterocycles. The van der Waals surface area contributed by atoms with E-state index in [-0.39, 0.29) is 11.2 Å². The van der Waals surface area contributed by atoms with Crippen LogP contribution in [0.5, 0.6) is 0 Å². The summed E-state index contributed by atoms with van der Waals surface area (Å²) in [7, 11) is 1.32. The Hall–Kier alpha value is -1.76. The molecule has 0 atom stereocenters. The highest BCUT2D eigenvalue weighted by Gasteiger charge is 2.25. The van der Waals surface area contributed by atoms with Gasteiger partial charge in [-0.25, -0.2) is 9.59 Å². The van der Waals surface area contributed by atoms with Crippen molar-refractivity contribution in [1.29, 1.82) is 0 Å². The van der Waals surface area contributed by atoms with E-state index < -0.39 is 17.3 Å². The summed E-state index contributed by atoms with van der Waals surface area (Å²) in [6, 6.07) is 0.949. The second kappa shape index (κ2) is 5.48. The molecule has 2 rings (SSSR count). The fourth-order valence-corrected chi connectivity index (χ4v) is 2.43. The second-order valence-electron chi connectivity index (χ2n) is 4.32. The first-order valence-corrected chi connectivity index (χ1v) is 6.25.